The molecule has 0 bridgehead atoms. The van der Waals surface area contributed by atoms with Crippen molar-refractivity contribution >= 4 is 11.3 Å². The van der Waals surface area contributed by atoms with Gasteiger partial charge in [-0.15, -0.1) is 11.3 Å². The lowest BCUT2D eigenvalue weighted by molar-refractivity contribution is 0.0323. The first-order chi connectivity index (χ1) is 8.21. The quantitative estimate of drug-likeness (QED) is 0.776. The first-order valence-corrected chi connectivity index (χ1v) is 7.35. The first-order valence-electron chi connectivity index (χ1n) is 6.47. The van der Waals surface area contributed by atoms with Crippen LogP contribution in [0, 0.1) is 6.92 Å². The van der Waals surface area contributed by atoms with Gasteiger partial charge in [0.15, 0.2) is 0 Å². The lowest BCUT2D eigenvalue weighted by Gasteiger charge is -2.26. The summed E-state index contributed by atoms with van der Waals surface area (Å²) in [5.74, 6) is 0. The Hall–Kier alpha value is -0.450. The van der Waals surface area contributed by atoms with E-state index in [4.69, 9.17) is 4.74 Å². The molecule has 4 heteroatoms. The molecule has 1 heterocycles. The molecule has 0 aliphatic rings. The smallest absolute Gasteiger partial charge is 0.0944 e. The van der Waals surface area contributed by atoms with Crippen LogP contribution in [-0.4, -0.2) is 30.3 Å². The summed E-state index contributed by atoms with van der Waals surface area (Å²) in [6, 6.07) is 0.371. The second-order valence-corrected chi connectivity index (χ2v) is 5.10. The van der Waals surface area contributed by atoms with Crippen LogP contribution in [0.4, 0.5) is 0 Å². The van der Waals surface area contributed by atoms with E-state index >= 15 is 0 Å². The fourth-order valence-electron chi connectivity index (χ4n) is 2.01. The van der Waals surface area contributed by atoms with Gasteiger partial charge in [0.1, 0.15) is 0 Å². The van der Waals surface area contributed by atoms with Crippen molar-refractivity contribution in [2.45, 2.75) is 52.7 Å². The van der Waals surface area contributed by atoms with Crippen molar-refractivity contribution in [1.29, 1.82) is 0 Å². The number of hydrogen-bond donors (Lipinski definition) is 1. The van der Waals surface area contributed by atoms with Crippen molar-refractivity contribution in [3.8, 4) is 0 Å². The van der Waals surface area contributed by atoms with Crippen LogP contribution in [0.3, 0.4) is 0 Å². The van der Waals surface area contributed by atoms with E-state index < -0.39 is 0 Å². The maximum Gasteiger partial charge on any atom is 0.0944 e. The SMILES string of the molecule is CCNC(Cc1nc(C)cs1)C(CC)OCC. The molecule has 0 aromatic carbocycles. The zero-order valence-electron chi connectivity index (χ0n) is 11.3. The van der Waals surface area contributed by atoms with Crippen LogP contribution in [0.5, 0.6) is 0 Å². The van der Waals surface area contributed by atoms with E-state index in [9.17, 15) is 0 Å². The molecular formula is C13H24N2OS. The van der Waals surface area contributed by atoms with Crippen LogP contribution in [0.15, 0.2) is 5.38 Å². The number of hydrogen-bond acceptors (Lipinski definition) is 4. The zero-order chi connectivity index (χ0) is 12.7. The van der Waals surface area contributed by atoms with Crippen LogP contribution in [0.25, 0.3) is 0 Å². The number of aromatic nitrogens is 1. The summed E-state index contributed by atoms with van der Waals surface area (Å²) in [4.78, 5) is 4.53. The molecule has 1 aromatic heterocycles. The first kappa shape index (κ1) is 14.6. The third-order valence-corrected chi connectivity index (χ3v) is 3.75. The highest BCUT2D eigenvalue weighted by Gasteiger charge is 2.20. The molecule has 98 valence electrons. The highest BCUT2D eigenvalue weighted by molar-refractivity contribution is 7.09. The Morgan fingerprint density at radius 2 is 2.18 bits per heavy atom. The number of nitrogens with zero attached hydrogens (tertiary/aromatic N) is 1. The van der Waals surface area contributed by atoms with E-state index in [-0.39, 0.29) is 6.10 Å². The summed E-state index contributed by atoms with van der Waals surface area (Å²) >= 11 is 1.74. The van der Waals surface area contributed by atoms with Gasteiger partial charge in [0, 0.05) is 30.1 Å². The molecule has 2 unspecified atom stereocenters. The second kappa shape index (κ2) is 7.80. The molecule has 0 aliphatic carbocycles. The Morgan fingerprint density at radius 1 is 1.41 bits per heavy atom. The maximum absolute atomic E-state index is 5.80. The summed E-state index contributed by atoms with van der Waals surface area (Å²) in [5, 5.41) is 6.83. The van der Waals surface area contributed by atoms with E-state index in [0.717, 1.165) is 31.7 Å². The standard InChI is InChI=1S/C13H24N2OS/c1-5-12(16-7-3)11(14-6-2)8-13-15-10(4)9-17-13/h9,11-12,14H,5-8H2,1-4H3. The molecule has 0 fully saturated rings. The van der Waals surface area contributed by atoms with Gasteiger partial charge in [-0.05, 0) is 26.8 Å². The Balaban J connectivity index is 2.63. The summed E-state index contributed by atoms with van der Waals surface area (Å²) in [6.07, 6.45) is 2.28. The molecule has 17 heavy (non-hydrogen) atoms. The molecule has 1 N–H and O–H groups in total. The van der Waals surface area contributed by atoms with Gasteiger partial charge < -0.3 is 10.1 Å². The molecular weight excluding hydrogens is 232 g/mol. The van der Waals surface area contributed by atoms with Crippen molar-refractivity contribution in [2.24, 2.45) is 0 Å². The number of thiazole rings is 1. The molecule has 3 nitrogen and oxygen atoms in total. The predicted octanol–water partition coefficient (Wildman–Crippen LogP) is 2.79. The minimum absolute atomic E-state index is 0.282. The van der Waals surface area contributed by atoms with Gasteiger partial charge in [0.05, 0.1) is 11.1 Å². The molecule has 2 atom stereocenters. The average molecular weight is 256 g/mol. The van der Waals surface area contributed by atoms with Crippen LogP contribution in [0.1, 0.15) is 37.9 Å². The average Bonchev–Trinajstić information content (AvgIpc) is 2.71. The Morgan fingerprint density at radius 3 is 2.65 bits per heavy atom. The molecule has 0 spiro atoms. The molecule has 0 saturated carbocycles. The fraction of sp³-hybridized carbons (Fsp3) is 0.769. The van der Waals surface area contributed by atoms with Crippen LogP contribution >= 0.6 is 11.3 Å². The molecule has 0 saturated heterocycles. The van der Waals surface area contributed by atoms with E-state index in [2.05, 4.69) is 36.5 Å². The zero-order valence-corrected chi connectivity index (χ0v) is 12.1. The summed E-state index contributed by atoms with van der Waals surface area (Å²) in [7, 11) is 0. The van der Waals surface area contributed by atoms with Crippen molar-refractivity contribution in [2.75, 3.05) is 13.2 Å². The van der Waals surface area contributed by atoms with Crippen molar-refractivity contribution in [3.63, 3.8) is 0 Å². The van der Waals surface area contributed by atoms with Gasteiger partial charge in [0.25, 0.3) is 0 Å². The summed E-state index contributed by atoms with van der Waals surface area (Å²) in [6.45, 7) is 10.2. The number of aryl methyl sites for hydroxylation is 1. The molecule has 0 radical (unpaired) electrons. The molecule has 0 aliphatic heterocycles. The van der Waals surface area contributed by atoms with Gasteiger partial charge in [0.2, 0.25) is 0 Å². The van der Waals surface area contributed by atoms with Crippen LogP contribution in [-0.2, 0) is 11.2 Å². The van der Waals surface area contributed by atoms with E-state index in [0.29, 0.717) is 6.04 Å². The highest BCUT2D eigenvalue weighted by Crippen LogP contribution is 2.15. The molecule has 1 aromatic rings. The summed E-state index contributed by atoms with van der Waals surface area (Å²) in [5.41, 5.74) is 1.12. The van der Waals surface area contributed by atoms with Crippen LogP contribution in [0.2, 0.25) is 0 Å². The number of nitrogens with one attached hydrogen (secondary N) is 1. The largest absolute Gasteiger partial charge is 0.377 e. The maximum atomic E-state index is 5.80. The Bertz CT molecular complexity index is 314. The van der Waals surface area contributed by atoms with Gasteiger partial charge in [-0.3, -0.25) is 0 Å². The lowest BCUT2D eigenvalue weighted by atomic mass is 10.1. The lowest BCUT2D eigenvalue weighted by Crippen LogP contribution is -2.42. The molecule has 1 rings (SSSR count). The van der Waals surface area contributed by atoms with Gasteiger partial charge in [-0.25, -0.2) is 4.98 Å². The van der Waals surface area contributed by atoms with E-state index in [1.807, 2.05) is 6.92 Å². The Kier molecular flexibility index (Phi) is 6.70. The highest BCUT2D eigenvalue weighted by atomic mass is 32.1. The fourth-order valence-corrected chi connectivity index (χ4v) is 2.85. The number of likely N-dealkylation sites (N-methyl/N-ethyl adjacent to an activating group) is 1. The van der Waals surface area contributed by atoms with Gasteiger partial charge in [-0.2, -0.15) is 0 Å². The van der Waals surface area contributed by atoms with Crippen molar-refractivity contribution < 1.29 is 4.74 Å². The topological polar surface area (TPSA) is 34.2 Å². The van der Waals surface area contributed by atoms with Crippen molar-refractivity contribution in [3.05, 3.63) is 16.1 Å². The predicted molar refractivity (Wildman–Crippen MR) is 73.7 cm³/mol. The van der Waals surface area contributed by atoms with Gasteiger partial charge in [-0.1, -0.05) is 13.8 Å². The third-order valence-electron chi connectivity index (χ3n) is 2.76. The number of ether oxygens (including phenoxy) is 1. The molecule has 0 amide bonds. The second-order valence-electron chi connectivity index (χ2n) is 4.15. The summed E-state index contributed by atoms with van der Waals surface area (Å²) < 4.78 is 5.80. The van der Waals surface area contributed by atoms with Crippen molar-refractivity contribution in [1.82, 2.24) is 10.3 Å². The third kappa shape index (κ3) is 4.74. The van der Waals surface area contributed by atoms with Crippen LogP contribution < -0.4 is 5.32 Å². The minimum Gasteiger partial charge on any atom is -0.377 e. The van der Waals surface area contributed by atoms with E-state index in [1.165, 1.54) is 5.01 Å². The normalized spacial score (nSPS) is 14.8. The van der Waals surface area contributed by atoms with E-state index in [1.54, 1.807) is 11.3 Å². The van der Waals surface area contributed by atoms with Gasteiger partial charge >= 0.3 is 0 Å². The Labute approximate surface area is 109 Å². The minimum atomic E-state index is 0.282. The monoisotopic (exact) mass is 256 g/mol. The number of rotatable bonds is 8.